The molecule has 0 aliphatic carbocycles. The van der Waals surface area contributed by atoms with E-state index in [2.05, 4.69) is 52.3 Å². The molecule has 0 aliphatic heterocycles. The van der Waals surface area contributed by atoms with Crippen molar-refractivity contribution in [1.29, 1.82) is 0 Å². The first-order valence-electron chi connectivity index (χ1n) is 12.2. The SMILES string of the molecule is CCCc1cc(-c2nnc(SCC(=O)Nc3scc(-c4ccc(OC)cc4)c3C(=O)OC)n2C(C)C)cs1. The van der Waals surface area contributed by atoms with E-state index in [1.807, 2.05) is 29.6 Å². The van der Waals surface area contributed by atoms with Crippen LogP contribution in [0.15, 0.2) is 46.2 Å². The molecular formula is C27H30N4O4S3. The van der Waals surface area contributed by atoms with Crippen molar-refractivity contribution in [2.75, 3.05) is 25.3 Å². The standard InChI is InChI=1S/C27H30N4O4S3/c1-6-7-20-12-18(13-36-20)24-29-30-27(31(24)16(2)3)38-15-22(32)28-25-23(26(33)35-5)21(14-37-25)17-8-10-19(34-4)11-9-17/h8-14,16H,6-7,15H2,1-5H3,(H,28,32). The van der Waals surface area contributed by atoms with Gasteiger partial charge in [0, 0.05) is 32.8 Å². The Morgan fingerprint density at radius 2 is 1.84 bits per heavy atom. The van der Waals surface area contributed by atoms with Crippen LogP contribution in [0.25, 0.3) is 22.5 Å². The Bertz CT molecular complexity index is 1410. The van der Waals surface area contributed by atoms with Crippen LogP contribution in [0.5, 0.6) is 5.75 Å². The Morgan fingerprint density at radius 3 is 2.50 bits per heavy atom. The van der Waals surface area contributed by atoms with Crippen LogP contribution in [-0.2, 0) is 16.0 Å². The van der Waals surface area contributed by atoms with Crippen molar-refractivity contribution in [2.45, 2.75) is 44.8 Å². The van der Waals surface area contributed by atoms with Gasteiger partial charge in [-0.15, -0.1) is 32.9 Å². The summed E-state index contributed by atoms with van der Waals surface area (Å²) in [4.78, 5) is 26.9. The molecule has 200 valence electrons. The highest BCUT2D eigenvalue weighted by molar-refractivity contribution is 7.99. The predicted octanol–water partition coefficient (Wildman–Crippen LogP) is 6.79. The van der Waals surface area contributed by atoms with Crippen LogP contribution in [0.1, 0.15) is 48.5 Å². The van der Waals surface area contributed by atoms with Crippen molar-refractivity contribution in [3.05, 3.63) is 51.5 Å². The molecular weight excluding hydrogens is 541 g/mol. The Balaban J connectivity index is 1.51. The van der Waals surface area contributed by atoms with Gasteiger partial charge in [-0.05, 0) is 44.0 Å². The van der Waals surface area contributed by atoms with E-state index in [4.69, 9.17) is 9.47 Å². The van der Waals surface area contributed by atoms with E-state index in [1.165, 1.54) is 35.1 Å². The number of amides is 1. The number of rotatable bonds is 11. The minimum absolute atomic E-state index is 0.117. The molecule has 3 heterocycles. The number of methoxy groups -OCH3 is 2. The number of carbonyl (C=O) groups is 2. The summed E-state index contributed by atoms with van der Waals surface area (Å²) in [6, 6.07) is 9.67. The highest BCUT2D eigenvalue weighted by Gasteiger charge is 2.23. The molecule has 3 aromatic heterocycles. The maximum absolute atomic E-state index is 13.0. The number of anilines is 1. The molecule has 1 amide bonds. The molecule has 0 saturated heterocycles. The minimum Gasteiger partial charge on any atom is -0.497 e. The van der Waals surface area contributed by atoms with Crippen LogP contribution in [-0.4, -0.2) is 46.6 Å². The normalized spacial score (nSPS) is 11.1. The molecule has 0 unspecified atom stereocenters. The van der Waals surface area contributed by atoms with E-state index in [-0.39, 0.29) is 17.7 Å². The third-order valence-electron chi connectivity index (χ3n) is 5.76. The fourth-order valence-electron chi connectivity index (χ4n) is 3.94. The summed E-state index contributed by atoms with van der Waals surface area (Å²) in [6.45, 7) is 6.32. The van der Waals surface area contributed by atoms with Crippen molar-refractivity contribution in [1.82, 2.24) is 14.8 Å². The van der Waals surface area contributed by atoms with Gasteiger partial charge in [-0.3, -0.25) is 9.36 Å². The second-order valence-electron chi connectivity index (χ2n) is 8.73. The molecule has 4 aromatic rings. The molecule has 0 aliphatic rings. The largest absolute Gasteiger partial charge is 0.497 e. The van der Waals surface area contributed by atoms with E-state index in [1.54, 1.807) is 18.4 Å². The Labute approximate surface area is 234 Å². The van der Waals surface area contributed by atoms with Gasteiger partial charge in [0.1, 0.15) is 16.3 Å². The first-order chi connectivity index (χ1) is 18.4. The molecule has 4 rings (SSSR count). The topological polar surface area (TPSA) is 95.3 Å². The van der Waals surface area contributed by atoms with E-state index in [0.717, 1.165) is 29.8 Å². The highest BCUT2D eigenvalue weighted by Crippen LogP contribution is 2.37. The summed E-state index contributed by atoms with van der Waals surface area (Å²) >= 11 is 4.33. The third kappa shape index (κ3) is 6.11. The lowest BCUT2D eigenvalue weighted by atomic mass is 10.0. The first-order valence-corrected chi connectivity index (χ1v) is 14.9. The van der Waals surface area contributed by atoms with Crippen molar-refractivity contribution < 1.29 is 19.1 Å². The van der Waals surface area contributed by atoms with Gasteiger partial charge >= 0.3 is 5.97 Å². The zero-order valence-corrected chi connectivity index (χ0v) is 24.4. The van der Waals surface area contributed by atoms with Crippen LogP contribution in [0.4, 0.5) is 5.00 Å². The fourth-order valence-corrected chi connectivity index (χ4v) is 6.75. The van der Waals surface area contributed by atoms with Gasteiger partial charge in [-0.1, -0.05) is 37.2 Å². The van der Waals surface area contributed by atoms with E-state index >= 15 is 0 Å². The Hall–Kier alpha value is -3.15. The lowest BCUT2D eigenvalue weighted by Gasteiger charge is -2.13. The summed E-state index contributed by atoms with van der Waals surface area (Å²) in [5.74, 6) is 0.876. The summed E-state index contributed by atoms with van der Waals surface area (Å²) < 4.78 is 12.3. The molecule has 0 spiro atoms. The summed E-state index contributed by atoms with van der Waals surface area (Å²) in [6.07, 6.45) is 2.13. The van der Waals surface area contributed by atoms with Gasteiger partial charge in [-0.2, -0.15) is 0 Å². The van der Waals surface area contributed by atoms with Gasteiger partial charge in [0.2, 0.25) is 5.91 Å². The number of thioether (sulfide) groups is 1. The lowest BCUT2D eigenvalue weighted by Crippen LogP contribution is -2.16. The van der Waals surface area contributed by atoms with Gasteiger partial charge in [0.15, 0.2) is 11.0 Å². The van der Waals surface area contributed by atoms with E-state index in [9.17, 15) is 9.59 Å². The number of nitrogens with zero attached hydrogens (tertiary/aromatic N) is 3. The van der Waals surface area contributed by atoms with Crippen molar-refractivity contribution in [3.63, 3.8) is 0 Å². The summed E-state index contributed by atoms with van der Waals surface area (Å²) in [7, 11) is 2.93. The van der Waals surface area contributed by atoms with Gasteiger partial charge < -0.3 is 14.8 Å². The second-order valence-corrected chi connectivity index (χ2v) is 11.5. The van der Waals surface area contributed by atoms with Crippen LogP contribution < -0.4 is 10.1 Å². The number of thiophene rings is 2. The van der Waals surface area contributed by atoms with Crippen LogP contribution >= 0.6 is 34.4 Å². The maximum atomic E-state index is 13.0. The molecule has 0 saturated carbocycles. The number of esters is 1. The molecule has 0 fully saturated rings. The first kappa shape index (κ1) is 27.9. The number of benzene rings is 1. The molecule has 0 bridgehead atoms. The monoisotopic (exact) mass is 570 g/mol. The van der Waals surface area contributed by atoms with E-state index < -0.39 is 5.97 Å². The average molecular weight is 571 g/mol. The molecule has 0 radical (unpaired) electrons. The average Bonchev–Trinajstić information content (AvgIpc) is 3.65. The van der Waals surface area contributed by atoms with Gasteiger partial charge in [-0.25, -0.2) is 4.79 Å². The number of carbonyl (C=O) groups excluding carboxylic acids is 2. The Kier molecular flexibility index (Phi) is 9.24. The van der Waals surface area contributed by atoms with Gasteiger partial charge in [0.05, 0.1) is 20.0 Å². The number of nitrogens with one attached hydrogen (secondary N) is 1. The smallest absolute Gasteiger partial charge is 0.341 e. The van der Waals surface area contributed by atoms with Crippen LogP contribution in [0.3, 0.4) is 0 Å². The molecule has 0 atom stereocenters. The Morgan fingerprint density at radius 1 is 1.08 bits per heavy atom. The summed E-state index contributed by atoms with van der Waals surface area (Å²) in [5, 5.41) is 16.8. The van der Waals surface area contributed by atoms with Gasteiger partial charge in [0.25, 0.3) is 0 Å². The molecule has 1 aromatic carbocycles. The number of hydrogen-bond acceptors (Lipinski definition) is 9. The van der Waals surface area contributed by atoms with Crippen molar-refractivity contribution in [2.24, 2.45) is 0 Å². The quantitative estimate of drug-likeness (QED) is 0.157. The molecule has 38 heavy (non-hydrogen) atoms. The van der Waals surface area contributed by atoms with E-state index in [0.29, 0.717) is 27.0 Å². The number of hydrogen-bond donors (Lipinski definition) is 1. The number of ether oxygens (including phenoxy) is 2. The fraction of sp³-hybridized carbons (Fsp3) is 0.333. The maximum Gasteiger partial charge on any atom is 0.341 e. The third-order valence-corrected chi connectivity index (χ3v) is 8.59. The van der Waals surface area contributed by atoms with Crippen molar-refractivity contribution >= 4 is 51.3 Å². The molecule has 8 nitrogen and oxygen atoms in total. The van der Waals surface area contributed by atoms with Crippen molar-refractivity contribution in [3.8, 4) is 28.3 Å². The zero-order chi connectivity index (χ0) is 27.2. The second kappa shape index (κ2) is 12.6. The highest BCUT2D eigenvalue weighted by atomic mass is 32.2. The van der Waals surface area contributed by atoms with Crippen LogP contribution in [0.2, 0.25) is 0 Å². The summed E-state index contributed by atoms with van der Waals surface area (Å²) in [5.41, 5.74) is 2.89. The zero-order valence-electron chi connectivity index (χ0n) is 21.9. The minimum atomic E-state index is -0.512. The molecule has 1 N–H and O–H groups in total. The van der Waals surface area contributed by atoms with Crippen LogP contribution in [0, 0.1) is 0 Å². The molecule has 11 heteroatoms. The lowest BCUT2D eigenvalue weighted by molar-refractivity contribution is -0.113. The number of aryl methyl sites for hydroxylation is 1. The number of aromatic nitrogens is 3. The predicted molar refractivity (Wildman–Crippen MR) is 155 cm³/mol.